The van der Waals surface area contributed by atoms with E-state index in [4.69, 9.17) is 14.2 Å². The fraction of sp³-hybridized carbons (Fsp3) is 0.636. The van der Waals surface area contributed by atoms with E-state index in [2.05, 4.69) is 34.8 Å². The van der Waals surface area contributed by atoms with Crippen molar-refractivity contribution in [1.82, 2.24) is 16.0 Å². The molecule has 0 saturated heterocycles. The Morgan fingerprint density at radius 3 is 2.37 bits per heavy atom. The van der Waals surface area contributed by atoms with Gasteiger partial charge >= 0.3 is 0 Å². The summed E-state index contributed by atoms with van der Waals surface area (Å²) in [5.41, 5.74) is 1.04. The minimum Gasteiger partial charge on any atom is -0.490 e. The van der Waals surface area contributed by atoms with E-state index in [9.17, 15) is 4.79 Å². The first-order valence-corrected chi connectivity index (χ1v) is 10.8. The predicted molar refractivity (Wildman–Crippen MR) is 120 cm³/mol. The Morgan fingerprint density at radius 1 is 1.03 bits per heavy atom. The second-order valence-electron chi connectivity index (χ2n) is 6.81. The molecule has 1 aromatic carbocycles. The second-order valence-corrected chi connectivity index (χ2v) is 6.81. The van der Waals surface area contributed by atoms with E-state index in [1.54, 1.807) is 7.11 Å². The molecule has 8 heteroatoms. The van der Waals surface area contributed by atoms with Crippen LogP contribution in [0.25, 0.3) is 0 Å². The highest BCUT2D eigenvalue weighted by Gasteiger charge is 2.13. The summed E-state index contributed by atoms with van der Waals surface area (Å²) in [6.07, 6.45) is 1.86. The van der Waals surface area contributed by atoms with Crippen LogP contribution in [0.3, 0.4) is 0 Å². The number of amides is 1. The van der Waals surface area contributed by atoms with Crippen molar-refractivity contribution in [3.8, 4) is 11.5 Å². The molecule has 1 amide bonds. The number of rotatable bonds is 14. The molecule has 0 aromatic heterocycles. The Bertz CT molecular complexity index is 652. The van der Waals surface area contributed by atoms with Crippen molar-refractivity contribution < 1.29 is 19.0 Å². The van der Waals surface area contributed by atoms with Crippen LogP contribution in [0.2, 0.25) is 0 Å². The van der Waals surface area contributed by atoms with Crippen LogP contribution in [0.1, 0.15) is 52.1 Å². The zero-order valence-electron chi connectivity index (χ0n) is 19.0. The van der Waals surface area contributed by atoms with Crippen molar-refractivity contribution in [2.24, 2.45) is 4.99 Å². The molecule has 1 unspecified atom stereocenters. The zero-order chi connectivity index (χ0) is 22.2. The molecule has 3 N–H and O–H groups in total. The molecule has 1 atom stereocenters. The quantitative estimate of drug-likeness (QED) is 0.242. The van der Waals surface area contributed by atoms with Crippen LogP contribution in [0.15, 0.2) is 23.2 Å². The zero-order valence-corrected chi connectivity index (χ0v) is 19.0. The highest BCUT2D eigenvalue weighted by Crippen LogP contribution is 2.31. The van der Waals surface area contributed by atoms with Gasteiger partial charge in [0.15, 0.2) is 17.5 Å². The van der Waals surface area contributed by atoms with Gasteiger partial charge in [-0.2, -0.15) is 0 Å². The van der Waals surface area contributed by atoms with Crippen LogP contribution in [0.4, 0.5) is 0 Å². The SMILES string of the molecule is CCCOc1ccc(C(C)NC(=NCC(=O)NCCOC)NCC)cc1OCCC. The molecule has 8 nitrogen and oxygen atoms in total. The second kappa shape index (κ2) is 15.4. The lowest BCUT2D eigenvalue weighted by molar-refractivity contribution is -0.119. The number of hydrogen-bond donors (Lipinski definition) is 3. The Morgan fingerprint density at radius 2 is 1.73 bits per heavy atom. The molecule has 0 heterocycles. The minimum atomic E-state index is -0.149. The summed E-state index contributed by atoms with van der Waals surface area (Å²) in [6.45, 7) is 11.1. The van der Waals surface area contributed by atoms with E-state index in [0.717, 1.165) is 29.9 Å². The average Bonchev–Trinajstić information content (AvgIpc) is 2.75. The smallest absolute Gasteiger partial charge is 0.241 e. The molecule has 1 aromatic rings. The maximum atomic E-state index is 11.9. The number of guanidine groups is 1. The van der Waals surface area contributed by atoms with E-state index in [-0.39, 0.29) is 18.5 Å². The molecule has 0 bridgehead atoms. The lowest BCUT2D eigenvalue weighted by Gasteiger charge is -2.20. The number of nitrogens with zero attached hydrogens (tertiary/aromatic N) is 1. The van der Waals surface area contributed by atoms with Gasteiger partial charge in [-0.25, -0.2) is 4.99 Å². The molecule has 1 rings (SSSR count). The molecular weight excluding hydrogens is 384 g/mol. The largest absolute Gasteiger partial charge is 0.490 e. The first kappa shape index (κ1) is 25.6. The fourth-order valence-electron chi connectivity index (χ4n) is 2.56. The third-order valence-electron chi connectivity index (χ3n) is 4.10. The van der Waals surface area contributed by atoms with Crippen LogP contribution in [-0.2, 0) is 9.53 Å². The van der Waals surface area contributed by atoms with E-state index in [1.165, 1.54) is 0 Å². The Hall–Kier alpha value is -2.48. The van der Waals surface area contributed by atoms with Crippen LogP contribution in [0.5, 0.6) is 11.5 Å². The third-order valence-corrected chi connectivity index (χ3v) is 4.10. The van der Waals surface area contributed by atoms with Crippen molar-refractivity contribution in [3.63, 3.8) is 0 Å². The highest BCUT2D eigenvalue weighted by atomic mass is 16.5. The van der Waals surface area contributed by atoms with Crippen molar-refractivity contribution in [3.05, 3.63) is 23.8 Å². The van der Waals surface area contributed by atoms with E-state index >= 15 is 0 Å². The lowest BCUT2D eigenvalue weighted by Crippen LogP contribution is -2.40. The van der Waals surface area contributed by atoms with Crippen molar-refractivity contribution in [2.45, 2.75) is 46.6 Å². The predicted octanol–water partition coefficient (Wildman–Crippen LogP) is 2.64. The van der Waals surface area contributed by atoms with Gasteiger partial charge in [0, 0.05) is 20.2 Å². The maximum absolute atomic E-state index is 11.9. The average molecular weight is 423 g/mol. The van der Waals surface area contributed by atoms with Crippen LogP contribution in [0, 0.1) is 0 Å². The summed E-state index contributed by atoms with van der Waals surface area (Å²) in [6, 6.07) is 5.92. The third kappa shape index (κ3) is 9.82. The van der Waals surface area contributed by atoms with Gasteiger partial charge in [0.1, 0.15) is 6.54 Å². The summed E-state index contributed by atoms with van der Waals surface area (Å²) >= 11 is 0. The van der Waals surface area contributed by atoms with Crippen LogP contribution < -0.4 is 25.4 Å². The number of methoxy groups -OCH3 is 1. The van der Waals surface area contributed by atoms with E-state index in [0.29, 0.717) is 38.9 Å². The number of nitrogens with one attached hydrogen (secondary N) is 3. The first-order chi connectivity index (χ1) is 14.5. The molecule has 170 valence electrons. The molecule has 0 fully saturated rings. The number of carbonyl (C=O) groups is 1. The Kier molecular flexibility index (Phi) is 13.1. The molecule has 0 spiro atoms. The van der Waals surface area contributed by atoms with Gasteiger partial charge in [0.2, 0.25) is 5.91 Å². The first-order valence-electron chi connectivity index (χ1n) is 10.8. The molecule has 0 aliphatic heterocycles. The lowest BCUT2D eigenvalue weighted by atomic mass is 10.1. The summed E-state index contributed by atoms with van der Waals surface area (Å²) in [4.78, 5) is 16.3. The number of ether oxygens (including phenoxy) is 3. The molecule has 30 heavy (non-hydrogen) atoms. The standard InChI is InChI=1S/C22H38N4O4/c1-6-12-29-19-10-9-18(15-20(19)30-13-7-2)17(4)26-22(23-8-3)25-16-21(27)24-11-14-28-5/h9-10,15,17H,6-8,11-14,16H2,1-5H3,(H,24,27)(H2,23,25,26). The maximum Gasteiger partial charge on any atom is 0.241 e. The van der Waals surface area contributed by atoms with Gasteiger partial charge in [-0.15, -0.1) is 0 Å². The highest BCUT2D eigenvalue weighted by molar-refractivity contribution is 5.85. The molecule has 0 aliphatic rings. The molecule has 0 saturated carbocycles. The summed E-state index contributed by atoms with van der Waals surface area (Å²) in [5.74, 6) is 1.93. The normalized spacial score (nSPS) is 12.2. The number of benzene rings is 1. The van der Waals surface area contributed by atoms with Gasteiger partial charge in [-0.3, -0.25) is 4.79 Å². The van der Waals surface area contributed by atoms with Crippen LogP contribution in [-0.4, -0.2) is 58.4 Å². The monoisotopic (exact) mass is 422 g/mol. The van der Waals surface area contributed by atoms with Crippen molar-refractivity contribution in [2.75, 3.05) is 46.6 Å². The Balaban J connectivity index is 2.83. The fourth-order valence-corrected chi connectivity index (χ4v) is 2.56. The molecular formula is C22H38N4O4. The summed E-state index contributed by atoms with van der Waals surface area (Å²) in [7, 11) is 1.60. The van der Waals surface area contributed by atoms with Crippen molar-refractivity contribution in [1.29, 1.82) is 0 Å². The molecule has 0 radical (unpaired) electrons. The minimum absolute atomic E-state index is 0.0384. The topological polar surface area (TPSA) is 93.2 Å². The Labute approximate surface area is 180 Å². The molecule has 0 aliphatic carbocycles. The van der Waals surface area contributed by atoms with Crippen molar-refractivity contribution >= 4 is 11.9 Å². The number of carbonyl (C=O) groups excluding carboxylic acids is 1. The summed E-state index contributed by atoms with van der Waals surface area (Å²) in [5, 5.41) is 9.27. The van der Waals surface area contributed by atoms with Gasteiger partial charge in [0.25, 0.3) is 0 Å². The number of aliphatic imine (C=N–C) groups is 1. The van der Waals surface area contributed by atoms with E-state index in [1.807, 2.05) is 32.0 Å². The van der Waals surface area contributed by atoms with E-state index < -0.39 is 0 Å². The number of hydrogen-bond acceptors (Lipinski definition) is 5. The van der Waals surface area contributed by atoms with Crippen LogP contribution >= 0.6 is 0 Å². The van der Waals surface area contributed by atoms with Gasteiger partial charge < -0.3 is 30.2 Å². The van der Waals surface area contributed by atoms with Gasteiger partial charge in [0.05, 0.1) is 25.9 Å². The van der Waals surface area contributed by atoms with Gasteiger partial charge in [-0.05, 0) is 44.4 Å². The summed E-state index contributed by atoms with van der Waals surface area (Å²) < 4.78 is 16.6. The van der Waals surface area contributed by atoms with Gasteiger partial charge in [-0.1, -0.05) is 19.9 Å².